The highest BCUT2D eigenvalue weighted by Gasteiger charge is 2.19. The van der Waals surface area contributed by atoms with Gasteiger partial charge in [0.05, 0.1) is 31.5 Å². The van der Waals surface area contributed by atoms with Crippen LogP contribution in [0.2, 0.25) is 0 Å². The Balaban J connectivity index is 1.85. The lowest BCUT2D eigenvalue weighted by Gasteiger charge is -2.16. The maximum Gasteiger partial charge on any atom is 0.343 e. The van der Waals surface area contributed by atoms with Crippen LogP contribution in [0.5, 0.6) is 23.0 Å². The summed E-state index contributed by atoms with van der Waals surface area (Å²) in [5, 5.41) is 13.7. The number of hydrogen-bond acceptors (Lipinski definition) is 8. The van der Waals surface area contributed by atoms with Gasteiger partial charge in [0.1, 0.15) is 11.5 Å². The van der Waals surface area contributed by atoms with Crippen LogP contribution in [0.4, 0.5) is 0 Å². The average Bonchev–Trinajstić information content (AvgIpc) is 2.89. The van der Waals surface area contributed by atoms with Crippen molar-refractivity contribution in [1.29, 1.82) is 0 Å². The van der Waals surface area contributed by atoms with Gasteiger partial charge in [-0.3, -0.25) is 0 Å². The molecule has 8 nitrogen and oxygen atoms in total. The molecule has 0 spiro atoms. The molecule has 0 amide bonds. The quantitative estimate of drug-likeness (QED) is 0.240. The van der Waals surface area contributed by atoms with Crippen molar-refractivity contribution in [2.24, 2.45) is 0 Å². The number of esters is 2. The maximum atomic E-state index is 12.8. The molecule has 0 bridgehead atoms. The van der Waals surface area contributed by atoms with E-state index in [4.69, 9.17) is 18.9 Å². The zero-order chi connectivity index (χ0) is 25.2. The molecule has 0 aliphatic rings. The Morgan fingerprint density at radius 1 is 0.800 bits per heavy atom. The maximum absolute atomic E-state index is 12.8. The van der Waals surface area contributed by atoms with Gasteiger partial charge >= 0.3 is 11.9 Å². The van der Waals surface area contributed by atoms with Crippen molar-refractivity contribution in [3.63, 3.8) is 0 Å². The number of ether oxygens (including phenoxy) is 4. The lowest BCUT2D eigenvalue weighted by molar-refractivity contribution is 0.0681. The van der Waals surface area contributed by atoms with Gasteiger partial charge in [0.15, 0.2) is 11.5 Å². The van der Waals surface area contributed by atoms with Gasteiger partial charge in [-0.25, -0.2) is 9.59 Å². The molecule has 0 heterocycles. The molecule has 0 saturated heterocycles. The van der Waals surface area contributed by atoms with E-state index in [2.05, 4.69) is 5.32 Å². The molecule has 35 heavy (non-hydrogen) atoms. The molecule has 0 aromatic heterocycles. The average molecular weight is 480 g/mol. The van der Waals surface area contributed by atoms with Gasteiger partial charge in [-0.1, -0.05) is 13.0 Å². The van der Waals surface area contributed by atoms with E-state index in [-0.39, 0.29) is 17.1 Å². The van der Waals surface area contributed by atoms with Crippen molar-refractivity contribution in [2.45, 2.75) is 19.4 Å². The number of carbonyl (C=O) groups is 2. The summed E-state index contributed by atoms with van der Waals surface area (Å²) in [7, 11) is 3.06. The number of rotatable bonds is 11. The van der Waals surface area contributed by atoms with Crippen molar-refractivity contribution in [2.75, 3.05) is 27.3 Å². The van der Waals surface area contributed by atoms with Crippen LogP contribution >= 0.6 is 0 Å². The van der Waals surface area contributed by atoms with Gasteiger partial charge in [0.25, 0.3) is 0 Å². The molecule has 0 aliphatic carbocycles. The van der Waals surface area contributed by atoms with Crippen LogP contribution in [0.1, 0.15) is 45.7 Å². The Morgan fingerprint density at radius 2 is 1.31 bits per heavy atom. The number of methoxy groups -OCH3 is 2. The zero-order valence-electron chi connectivity index (χ0n) is 19.9. The van der Waals surface area contributed by atoms with Crippen molar-refractivity contribution in [3.05, 3.63) is 83.4 Å². The Hall–Kier alpha value is -3.88. The monoisotopic (exact) mass is 479 g/mol. The third kappa shape index (κ3) is 7.05. The lowest BCUT2D eigenvalue weighted by Crippen LogP contribution is -2.22. The van der Waals surface area contributed by atoms with Crippen LogP contribution in [0, 0.1) is 0 Å². The normalized spacial score (nSPS) is 11.4. The summed E-state index contributed by atoms with van der Waals surface area (Å²) in [6.07, 6.45) is 0.0869. The predicted octanol–water partition coefficient (Wildman–Crippen LogP) is 4.18. The SMILES string of the molecule is CCCNCC(O)c1ccc(OC(=O)c2ccc(OC)cc2)c(OC(=O)c2ccc(OC)cc2)c1. The molecule has 3 aromatic carbocycles. The molecule has 0 saturated carbocycles. The number of aliphatic hydroxyl groups excluding tert-OH is 1. The second kappa shape index (κ2) is 12.5. The van der Waals surface area contributed by atoms with E-state index >= 15 is 0 Å². The molecule has 3 aromatic rings. The summed E-state index contributed by atoms with van der Waals surface area (Å²) in [6.45, 7) is 3.11. The highest BCUT2D eigenvalue weighted by atomic mass is 16.6. The van der Waals surface area contributed by atoms with Crippen molar-refractivity contribution >= 4 is 11.9 Å². The summed E-state index contributed by atoms with van der Waals surface area (Å²) in [5.41, 5.74) is 1.09. The van der Waals surface area contributed by atoms with Gasteiger partial charge < -0.3 is 29.4 Å². The van der Waals surface area contributed by atoms with E-state index in [1.807, 2.05) is 6.92 Å². The summed E-state index contributed by atoms with van der Waals surface area (Å²) in [6, 6.07) is 17.5. The Bertz CT molecular complexity index is 1130. The smallest absolute Gasteiger partial charge is 0.343 e. The first-order valence-corrected chi connectivity index (χ1v) is 11.2. The van der Waals surface area contributed by atoms with E-state index in [0.29, 0.717) is 29.2 Å². The fourth-order valence-corrected chi connectivity index (χ4v) is 3.20. The molecule has 3 rings (SSSR count). The molecular weight excluding hydrogens is 450 g/mol. The van der Waals surface area contributed by atoms with E-state index in [1.54, 1.807) is 54.6 Å². The van der Waals surface area contributed by atoms with Crippen LogP contribution in [-0.2, 0) is 0 Å². The highest BCUT2D eigenvalue weighted by Crippen LogP contribution is 2.32. The highest BCUT2D eigenvalue weighted by molar-refractivity contribution is 5.93. The van der Waals surface area contributed by atoms with Crippen LogP contribution < -0.4 is 24.3 Å². The number of nitrogens with one attached hydrogen (secondary N) is 1. The first kappa shape index (κ1) is 25.7. The molecule has 184 valence electrons. The molecule has 1 unspecified atom stereocenters. The van der Waals surface area contributed by atoms with Gasteiger partial charge in [-0.2, -0.15) is 0 Å². The topological polar surface area (TPSA) is 103 Å². The minimum atomic E-state index is -0.841. The van der Waals surface area contributed by atoms with E-state index < -0.39 is 18.0 Å². The largest absolute Gasteiger partial charge is 0.497 e. The number of hydrogen-bond donors (Lipinski definition) is 2. The van der Waals surface area contributed by atoms with E-state index in [1.165, 1.54) is 26.4 Å². The molecular formula is C27H29NO7. The van der Waals surface area contributed by atoms with E-state index in [0.717, 1.165) is 13.0 Å². The van der Waals surface area contributed by atoms with Gasteiger partial charge in [0, 0.05) is 6.54 Å². The van der Waals surface area contributed by atoms with Crippen LogP contribution in [-0.4, -0.2) is 44.4 Å². The van der Waals surface area contributed by atoms with E-state index in [9.17, 15) is 14.7 Å². The molecule has 2 N–H and O–H groups in total. The molecule has 0 aliphatic heterocycles. The Kier molecular flexibility index (Phi) is 9.23. The number of benzene rings is 3. The minimum absolute atomic E-state index is 0.0136. The summed E-state index contributed by atoms with van der Waals surface area (Å²) in [5.74, 6) is -0.0200. The summed E-state index contributed by atoms with van der Waals surface area (Å²) >= 11 is 0. The Labute approximate surface area is 204 Å². The van der Waals surface area contributed by atoms with Crippen LogP contribution in [0.25, 0.3) is 0 Å². The molecule has 8 heteroatoms. The van der Waals surface area contributed by atoms with Gasteiger partial charge in [0.2, 0.25) is 0 Å². The van der Waals surface area contributed by atoms with Gasteiger partial charge in [-0.15, -0.1) is 0 Å². The predicted molar refractivity (Wildman–Crippen MR) is 130 cm³/mol. The molecule has 1 atom stereocenters. The second-order valence-electron chi connectivity index (χ2n) is 7.66. The van der Waals surface area contributed by atoms with Crippen molar-refractivity contribution in [1.82, 2.24) is 5.32 Å². The molecule has 0 radical (unpaired) electrons. The lowest BCUT2D eigenvalue weighted by atomic mass is 10.1. The third-order valence-corrected chi connectivity index (χ3v) is 5.17. The zero-order valence-corrected chi connectivity index (χ0v) is 19.9. The third-order valence-electron chi connectivity index (χ3n) is 5.17. The van der Waals surface area contributed by atoms with Crippen molar-refractivity contribution in [3.8, 4) is 23.0 Å². The van der Waals surface area contributed by atoms with Gasteiger partial charge in [-0.05, 0) is 79.2 Å². The summed E-state index contributed by atoms with van der Waals surface area (Å²) < 4.78 is 21.4. The Morgan fingerprint density at radius 3 is 1.80 bits per heavy atom. The summed E-state index contributed by atoms with van der Waals surface area (Å²) in [4.78, 5) is 25.5. The van der Waals surface area contributed by atoms with Crippen LogP contribution in [0.3, 0.4) is 0 Å². The number of aliphatic hydroxyl groups is 1. The van der Waals surface area contributed by atoms with Crippen molar-refractivity contribution < 1.29 is 33.6 Å². The minimum Gasteiger partial charge on any atom is -0.497 e. The molecule has 0 fully saturated rings. The second-order valence-corrected chi connectivity index (χ2v) is 7.66. The van der Waals surface area contributed by atoms with Crippen LogP contribution in [0.15, 0.2) is 66.7 Å². The first-order valence-electron chi connectivity index (χ1n) is 11.2. The first-order chi connectivity index (χ1) is 16.9. The number of carbonyl (C=O) groups excluding carboxylic acids is 2. The fraction of sp³-hybridized carbons (Fsp3) is 0.259. The standard InChI is InChI=1S/C27H29NO7/c1-4-15-28-17-23(29)20-9-14-24(34-26(30)18-5-10-21(32-2)11-6-18)25(16-20)35-27(31)19-7-12-22(33-3)13-8-19/h5-14,16,23,28-29H,4,15,17H2,1-3H3. The fourth-order valence-electron chi connectivity index (χ4n) is 3.20.